The number of hydrogen-bond donors (Lipinski definition) is 3. The molecule has 0 bridgehead atoms. The standard InChI is InChI=1S/C23H22F2N4O4/c1-11-16(9-8-15(30)17(11)23(31)29(3)4)33-22-19(25)12(2)18(24)21(28-22)32-14-7-5-6-13(10-14)20(26)27/h5-10,30H,1-4H3,(H3,26,27). The van der Waals surface area contributed by atoms with Gasteiger partial charge in [0.05, 0.1) is 5.56 Å². The first-order valence-corrected chi connectivity index (χ1v) is 9.71. The number of halogens is 2. The van der Waals surface area contributed by atoms with Crippen LogP contribution in [0, 0.1) is 30.9 Å². The third kappa shape index (κ3) is 4.69. The second-order valence-corrected chi connectivity index (χ2v) is 7.40. The van der Waals surface area contributed by atoms with Gasteiger partial charge in [0.2, 0.25) is 0 Å². The van der Waals surface area contributed by atoms with E-state index in [1.807, 2.05) is 0 Å². The zero-order valence-electron chi connectivity index (χ0n) is 18.4. The first-order valence-electron chi connectivity index (χ1n) is 9.71. The predicted molar refractivity (Wildman–Crippen MR) is 117 cm³/mol. The number of ether oxygens (including phenoxy) is 2. The number of nitrogens with two attached hydrogens (primary N) is 1. The molecule has 0 aliphatic heterocycles. The summed E-state index contributed by atoms with van der Waals surface area (Å²) in [6.45, 7) is 2.72. The Morgan fingerprint density at radius 3 is 2.30 bits per heavy atom. The van der Waals surface area contributed by atoms with Crippen LogP contribution in [-0.4, -0.2) is 40.8 Å². The number of hydrogen-bond acceptors (Lipinski definition) is 6. The van der Waals surface area contributed by atoms with E-state index in [1.54, 1.807) is 12.1 Å². The molecule has 0 fully saturated rings. The number of amidine groups is 1. The van der Waals surface area contributed by atoms with Crippen molar-refractivity contribution in [1.29, 1.82) is 5.41 Å². The van der Waals surface area contributed by atoms with Crippen LogP contribution >= 0.6 is 0 Å². The molecule has 4 N–H and O–H groups in total. The summed E-state index contributed by atoms with van der Waals surface area (Å²) in [6.07, 6.45) is 0. The van der Waals surface area contributed by atoms with E-state index in [4.69, 9.17) is 20.6 Å². The number of rotatable bonds is 6. The van der Waals surface area contributed by atoms with Gasteiger partial charge in [-0.05, 0) is 38.1 Å². The molecule has 0 saturated carbocycles. The Bertz CT molecular complexity index is 1260. The predicted octanol–water partition coefficient (Wildman–Crippen LogP) is 4.25. The molecule has 0 spiro atoms. The van der Waals surface area contributed by atoms with Gasteiger partial charge < -0.3 is 25.2 Å². The first-order chi connectivity index (χ1) is 15.5. The summed E-state index contributed by atoms with van der Waals surface area (Å²) in [4.78, 5) is 17.5. The fourth-order valence-electron chi connectivity index (χ4n) is 2.97. The molecule has 0 radical (unpaired) electrons. The Kier molecular flexibility index (Phi) is 6.47. The van der Waals surface area contributed by atoms with Crippen molar-refractivity contribution in [2.45, 2.75) is 13.8 Å². The van der Waals surface area contributed by atoms with Crippen molar-refractivity contribution >= 4 is 11.7 Å². The number of nitrogens with zero attached hydrogens (tertiary/aromatic N) is 2. The van der Waals surface area contributed by atoms with E-state index in [-0.39, 0.29) is 34.2 Å². The zero-order valence-corrected chi connectivity index (χ0v) is 18.4. The van der Waals surface area contributed by atoms with Crippen LogP contribution in [0.5, 0.6) is 29.0 Å². The highest BCUT2D eigenvalue weighted by molar-refractivity contribution is 5.98. The first kappa shape index (κ1) is 23.5. The topological polar surface area (TPSA) is 122 Å². The maximum atomic E-state index is 14.8. The number of aromatic nitrogens is 1. The SMILES string of the molecule is Cc1c(F)c(Oc2cccc(C(=N)N)c2)nc(Oc2ccc(O)c(C(=O)N(C)C)c2C)c1F. The number of aromatic hydroxyl groups is 1. The third-order valence-corrected chi connectivity index (χ3v) is 4.82. The number of phenolic OH excluding ortho intramolecular Hbond substituents is 1. The van der Waals surface area contributed by atoms with Crippen LogP contribution in [0.25, 0.3) is 0 Å². The van der Waals surface area contributed by atoms with E-state index >= 15 is 0 Å². The van der Waals surface area contributed by atoms with Gasteiger partial charge >= 0.3 is 0 Å². The monoisotopic (exact) mass is 456 g/mol. The Morgan fingerprint density at radius 1 is 1.06 bits per heavy atom. The summed E-state index contributed by atoms with van der Waals surface area (Å²) in [7, 11) is 3.04. The van der Waals surface area contributed by atoms with Gasteiger partial charge in [0.1, 0.15) is 23.1 Å². The van der Waals surface area contributed by atoms with Crippen LogP contribution in [0.15, 0.2) is 36.4 Å². The Balaban J connectivity index is 2.03. The van der Waals surface area contributed by atoms with Crippen LogP contribution in [0.1, 0.15) is 27.0 Å². The van der Waals surface area contributed by atoms with Crippen LogP contribution < -0.4 is 15.2 Å². The molecule has 3 rings (SSSR count). The maximum absolute atomic E-state index is 14.8. The quantitative estimate of drug-likeness (QED) is 0.377. The van der Waals surface area contributed by atoms with E-state index in [2.05, 4.69) is 4.98 Å². The molecule has 1 amide bonds. The molecule has 33 heavy (non-hydrogen) atoms. The summed E-state index contributed by atoms with van der Waals surface area (Å²) in [5, 5.41) is 17.6. The summed E-state index contributed by atoms with van der Waals surface area (Å²) in [5.41, 5.74) is 5.64. The molecule has 10 heteroatoms. The Labute approximate surface area is 188 Å². The van der Waals surface area contributed by atoms with E-state index in [0.29, 0.717) is 5.56 Å². The van der Waals surface area contributed by atoms with Crippen molar-refractivity contribution in [1.82, 2.24) is 9.88 Å². The largest absolute Gasteiger partial charge is 0.507 e. The van der Waals surface area contributed by atoms with Gasteiger partial charge in [0.15, 0.2) is 11.6 Å². The third-order valence-electron chi connectivity index (χ3n) is 4.82. The van der Waals surface area contributed by atoms with Gasteiger partial charge in [-0.3, -0.25) is 10.2 Å². The van der Waals surface area contributed by atoms with E-state index in [9.17, 15) is 18.7 Å². The molecule has 0 saturated heterocycles. The van der Waals surface area contributed by atoms with E-state index in [0.717, 1.165) is 0 Å². The van der Waals surface area contributed by atoms with Crippen LogP contribution in [-0.2, 0) is 0 Å². The number of phenols is 1. The molecule has 3 aromatic rings. The maximum Gasteiger partial charge on any atom is 0.259 e. The van der Waals surface area contributed by atoms with Crippen LogP contribution in [0.4, 0.5) is 8.78 Å². The number of pyridine rings is 1. The molecule has 0 unspecified atom stereocenters. The minimum atomic E-state index is -1.05. The number of carbonyl (C=O) groups is 1. The highest BCUT2D eigenvalue weighted by atomic mass is 19.1. The molecule has 0 atom stereocenters. The molecule has 0 aliphatic rings. The second-order valence-electron chi connectivity index (χ2n) is 7.40. The minimum absolute atomic E-state index is 0.0192. The zero-order chi connectivity index (χ0) is 24.4. The number of benzene rings is 2. The lowest BCUT2D eigenvalue weighted by Crippen LogP contribution is -2.22. The number of nitrogens with one attached hydrogen (secondary N) is 1. The van der Waals surface area contributed by atoms with Gasteiger partial charge in [0.25, 0.3) is 17.7 Å². The lowest BCUT2D eigenvalue weighted by molar-refractivity contribution is 0.0823. The number of amides is 1. The molecule has 1 heterocycles. The number of carbonyl (C=O) groups excluding carboxylic acids is 1. The Morgan fingerprint density at radius 2 is 1.70 bits per heavy atom. The van der Waals surface area contributed by atoms with Crippen molar-refractivity contribution < 1.29 is 28.2 Å². The highest BCUT2D eigenvalue weighted by Crippen LogP contribution is 2.36. The second kappa shape index (κ2) is 9.11. The van der Waals surface area contributed by atoms with Gasteiger partial charge in [-0.2, -0.15) is 4.98 Å². The molecule has 172 valence electrons. The van der Waals surface area contributed by atoms with Crippen LogP contribution in [0.3, 0.4) is 0 Å². The summed E-state index contributed by atoms with van der Waals surface area (Å²) < 4.78 is 40.5. The molecule has 2 aromatic carbocycles. The average Bonchev–Trinajstić information content (AvgIpc) is 2.77. The van der Waals surface area contributed by atoms with Gasteiger partial charge in [-0.25, -0.2) is 8.78 Å². The average molecular weight is 456 g/mol. The lowest BCUT2D eigenvalue weighted by Gasteiger charge is -2.17. The number of nitrogen functional groups attached to an aromatic ring is 1. The van der Waals surface area contributed by atoms with Crippen molar-refractivity contribution in [3.05, 3.63) is 70.3 Å². The normalized spacial score (nSPS) is 10.6. The smallest absolute Gasteiger partial charge is 0.259 e. The fourth-order valence-corrected chi connectivity index (χ4v) is 2.97. The molecule has 1 aromatic heterocycles. The van der Waals surface area contributed by atoms with Gasteiger partial charge in [0, 0.05) is 30.8 Å². The van der Waals surface area contributed by atoms with E-state index in [1.165, 1.54) is 57.1 Å². The molecule has 8 nitrogen and oxygen atoms in total. The lowest BCUT2D eigenvalue weighted by atomic mass is 10.1. The van der Waals surface area contributed by atoms with Crippen molar-refractivity contribution in [2.75, 3.05) is 14.1 Å². The Hall–Kier alpha value is -4.21. The summed E-state index contributed by atoms with van der Waals surface area (Å²) in [6, 6.07) is 8.61. The van der Waals surface area contributed by atoms with Crippen LogP contribution in [0.2, 0.25) is 0 Å². The molecule has 0 aliphatic carbocycles. The molecular formula is C23H22F2N4O4. The van der Waals surface area contributed by atoms with E-state index < -0.39 is 34.9 Å². The minimum Gasteiger partial charge on any atom is -0.507 e. The van der Waals surface area contributed by atoms with Gasteiger partial charge in [-0.15, -0.1) is 0 Å². The fraction of sp³-hybridized carbons (Fsp3) is 0.174. The summed E-state index contributed by atoms with van der Waals surface area (Å²) in [5.74, 6) is -3.99. The summed E-state index contributed by atoms with van der Waals surface area (Å²) >= 11 is 0. The van der Waals surface area contributed by atoms with Gasteiger partial charge in [-0.1, -0.05) is 12.1 Å². The highest BCUT2D eigenvalue weighted by Gasteiger charge is 2.24. The van der Waals surface area contributed by atoms with Crippen molar-refractivity contribution in [2.24, 2.45) is 5.73 Å². The van der Waals surface area contributed by atoms with Crippen molar-refractivity contribution in [3.63, 3.8) is 0 Å². The van der Waals surface area contributed by atoms with Crippen molar-refractivity contribution in [3.8, 4) is 29.0 Å². The molecular weight excluding hydrogens is 434 g/mol.